The highest BCUT2D eigenvalue weighted by atomic mass is 16.3. The molecule has 21 heavy (non-hydrogen) atoms. The Hall–Kier alpha value is -0.860. The van der Waals surface area contributed by atoms with Crippen LogP contribution in [0.25, 0.3) is 0 Å². The maximum absolute atomic E-state index is 10.5. The van der Waals surface area contributed by atoms with Crippen LogP contribution in [0.5, 0.6) is 0 Å². The molecule has 2 unspecified atom stereocenters. The predicted octanol–water partition coefficient (Wildman–Crippen LogP) is 4.38. The average molecular weight is 291 g/mol. The van der Waals surface area contributed by atoms with E-state index in [1.165, 1.54) is 5.56 Å². The first-order chi connectivity index (χ1) is 9.43. The first-order valence-electron chi connectivity index (χ1n) is 7.91. The normalized spacial score (nSPS) is 16.1. The fourth-order valence-corrected chi connectivity index (χ4v) is 2.40. The van der Waals surface area contributed by atoms with Crippen LogP contribution in [0.15, 0.2) is 24.3 Å². The molecule has 2 nitrogen and oxygen atoms in total. The molecule has 0 amide bonds. The maximum Gasteiger partial charge on any atom is 0.0916 e. The van der Waals surface area contributed by atoms with Crippen molar-refractivity contribution in [3.8, 4) is 0 Å². The van der Waals surface area contributed by atoms with Crippen molar-refractivity contribution in [3.05, 3.63) is 35.4 Å². The van der Waals surface area contributed by atoms with Crippen molar-refractivity contribution >= 4 is 0 Å². The van der Waals surface area contributed by atoms with Crippen LogP contribution < -0.4 is 0 Å². The summed E-state index contributed by atoms with van der Waals surface area (Å²) in [6.07, 6.45) is -0.436. The van der Waals surface area contributed by atoms with Gasteiger partial charge in [0.2, 0.25) is 0 Å². The molecule has 0 fully saturated rings. The third-order valence-electron chi connectivity index (χ3n) is 4.54. The van der Waals surface area contributed by atoms with Crippen molar-refractivity contribution in [1.82, 2.24) is 4.90 Å². The van der Waals surface area contributed by atoms with E-state index in [0.29, 0.717) is 12.6 Å². The first-order valence-corrected chi connectivity index (χ1v) is 7.91. The molecule has 0 saturated carbocycles. The molecule has 0 aromatic heterocycles. The third kappa shape index (κ3) is 5.12. The molecule has 1 N–H and O–H groups in total. The van der Waals surface area contributed by atoms with E-state index in [2.05, 4.69) is 84.7 Å². The summed E-state index contributed by atoms with van der Waals surface area (Å²) in [6, 6.07) is 8.79. The standard InChI is InChI=1S/C19H33NO/c1-14(18(2,3)4)20(8)13-17(21)15-9-11-16(12-10-15)19(5,6)7/h9-12,14,17,21H,13H2,1-8H3. The zero-order valence-electron chi connectivity index (χ0n) is 15.1. The minimum absolute atomic E-state index is 0.154. The zero-order valence-corrected chi connectivity index (χ0v) is 15.1. The Labute approximate surface area is 131 Å². The molecule has 0 aliphatic heterocycles. The van der Waals surface area contributed by atoms with Crippen molar-refractivity contribution in [2.75, 3.05) is 13.6 Å². The molecule has 1 aromatic carbocycles. The summed E-state index contributed by atoms with van der Waals surface area (Å²) < 4.78 is 0. The van der Waals surface area contributed by atoms with Gasteiger partial charge >= 0.3 is 0 Å². The summed E-state index contributed by atoms with van der Waals surface area (Å²) in [5.74, 6) is 0. The van der Waals surface area contributed by atoms with Gasteiger partial charge in [0.25, 0.3) is 0 Å². The number of likely N-dealkylation sites (N-methyl/N-ethyl adjacent to an activating group) is 1. The largest absolute Gasteiger partial charge is 0.387 e. The van der Waals surface area contributed by atoms with E-state index in [9.17, 15) is 5.11 Å². The molecule has 0 spiro atoms. The predicted molar refractivity (Wildman–Crippen MR) is 91.6 cm³/mol. The highest BCUT2D eigenvalue weighted by Gasteiger charge is 2.25. The van der Waals surface area contributed by atoms with Crippen molar-refractivity contribution in [3.63, 3.8) is 0 Å². The second-order valence-corrected chi connectivity index (χ2v) is 8.37. The number of nitrogens with zero attached hydrogens (tertiary/aromatic N) is 1. The van der Waals surface area contributed by atoms with Crippen LogP contribution in [0.2, 0.25) is 0 Å². The van der Waals surface area contributed by atoms with Gasteiger partial charge in [-0.05, 0) is 35.9 Å². The molecule has 0 heterocycles. The van der Waals surface area contributed by atoms with E-state index in [1.807, 2.05) is 0 Å². The second-order valence-electron chi connectivity index (χ2n) is 8.37. The molecule has 120 valence electrons. The minimum Gasteiger partial charge on any atom is -0.387 e. The molecule has 1 rings (SSSR count). The molecule has 0 aliphatic carbocycles. The van der Waals surface area contributed by atoms with Gasteiger partial charge in [-0.25, -0.2) is 0 Å². The van der Waals surface area contributed by atoms with Crippen LogP contribution >= 0.6 is 0 Å². The summed E-state index contributed by atoms with van der Waals surface area (Å²) >= 11 is 0. The lowest BCUT2D eigenvalue weighted by Crippen LogP contribution is -2.41. The van der Waals surface area contributed by atoms with Gasteiger partial charge in [-0.3, -0.25) is 0 Å². The number of rotatable bonds is 4. The Morgan fingerprint density at radius 3 is 1.86 bits per heavy atom. The van der Waals surface area contributed by atoms with Gasteiger partial charge in [0.05, 0.1) is 6.10 Å². The lowest BCUT2D eigenvalue weighted by Gasteiger charge is -2.36. The second kappa shape index (κ2) is 6.50. The van der Waals surface area contributed by atoms with Crippen molar-refractivity contribution in [2.24, 2.45) is 5.41 Å². The molecule has 0 radical (unpaired) electrons. The monoisotopic (exact) mass is 291 g/mol. The van der Waals surface area contributed by atoms with E-state index in [4.69, 9.17) is 0 Å². The van der Waals surface area contributed by atoms with Crippen LogP contribution in [-0.2, 0) is 5.41 Å². The molecule has 0 bridgehead atoms. The SMILES string of the molecule is CC(N(C)CC(O)c1ccc(C(C)(C)C)cc1)C(C)(C)C. The van der Waals surface area contributed by atoms with E-state index >= 15 is 0 Å². The van der Waals surface area contributed by atoms with Gasteiger partial charge in [0.15, 0.2) is 0 Å². The first kappa shape index (κ1) is 18.2. The summed E-state index contributed by atoms with van der Waals surface area (Å²) in [7, 11) is 2.09. The van der Waals surface area contributed by atoms with E-state index in [0.717, 1.165) is 5.56 Å². The Kier molecular flexibility index (Phi) is 5.63. The molecule has 2 atom stereocenters. The Morgan fingerprint density at radius 2 is 1.48 bits per heavy atom. The molecule has 2 heteroatoms. The Balaban J connectivity index is 2.74. The number of benzene rings is 1. The van der Waals surface area contributed by atoms with Gasteiger partial charge in [-0.1, -0.05) is 65.8 Å². The van der Waals surface area contributed by atoms with Crippen LogP contribution in [0.4, 0.5) is 0 Å². The lowest BCUT2D eigenvalue weighted by molar-refractivity contribution is 0.0715. The van der Waals surface area contributed by atoms with Crippen molar-refractivity contribution in [1.29, 1.82) is 0 Å². The van der Waals surface area contributed by atoms with E-state index in [1.54, 1.807) is 0 Å². The zero-order chi connectivity index (χ0) is 16.4. The number of aliphatic hydroxyl groups excluding tert-OH is 1. The fourth-order valence-electron chi connectivity index (χ4n) is 2.40. The number of hydrogen-bond donors (Lipinski definition) is 1. The van der Waals surface area contributed by atoms with Gasteiger partial charge in [-0.2, -0.15) is 0 Å². The van der Waals surface area contributed by atoms with Crippen molar-refractivity contribution < 1.29 is 5.11 Å². The fraction of sp³-hybridized carbons (Fsp3) is 0.684. The van der Waals surface area contributed by atoms with Crippen LogP contribution in [0.3, 0.4) is 0 Å². The number of hydrogen-bond acceptors (Lipinski definition) is 2. The van der Waals surface area contributed by atoms with E-state index < -0.39 is 6.10 Å². The summed E-state index contributed by atoms with van der Waals surface area (Å²) in [5, 5.41) is 10.5. The van der Waals surface area contributed by atoms with Crippen LogP contribution in [0.1, 0.15) is 65.7 Å². The summed E-state index contributed by atoms with van der Waals surface area (Å²) in [6.45, 7) is 16.2. The topological polar surface area (TPSA) is 23.5 Å². The van der Waals surface area contributed by atoms with Gasteiger partial charge in [0.1, 0.15) is 0 Å². The van der Waals surface area contributed by atoms with Gasteiger partial charge < -0.3 is 10.0 Å². The summed E-state index contributed by atoms with van der Waals surface area (Å²) in [5.41, 5.74) is 2.66. The van der Waals surface area contributed by atoms with Crippen LogP contribution in [0, 0.1) is 5.41 Å². The molecular formula is C19H33NO. The molecule has 0 aliphatic rings. The Bertz CT molecular complexity index is 436. The Morgan fingerprint density at radius 1 is 1.00 bits per heavy atom. The smallest absolute Gasteiger partial charge is 0.0916 e. The van der Waals surface area contributed by atoms with E-state index in [-0.39, 0.29) is 10.8 Å². The van der Waals surface area contributed by atoms with Crippen LogP contribution in [-0.4, -0.2) is 29.6 Å². The average Bonchev–Trinajstić information content (AvgIpc) is 2.35. The number of aliphatic hydroxyl groups is 1. The lowest BCUT2D eigenvalue weighted by atomic mass is 9.86. The molecule has 0 saturated heterocycles. The third-order valence-corrected chi connectivity index (χ3v) is 4.54. The maximum atomic E-state index is 10.5. The minimum atomic E-state index is -0.436. The molecular weight excluding hydrogens is 258 g/mol. The van der Waals surface area contributed by atoms with Gasteiger partial charge in [0, 0.05) is 12.6 Å². The highest BCUT2D eigenvalue weighted by molar-refractivity contribution is 5.28. The molecule has 1 aromatic rings. The van der Waals surface area contributed by atoms with Crippen molar-refractivity contribution in [2.45, 2.75) is 66.0 Å². The highest BCUT2D eigenvalue weighted by Crippen LogP contribution is 2.26. The van der Waals surface area contributed by atoms with Gasteiger partial charge in [-0.15, -0.1) is 0 Å². The summed E-state index contributed by atoms with van der Waals surface area (Å²) in [4.78, 5) is 2.24. The quantitative estimate of drug-likeness (QED) is 0.889.